The molecular formula is C10H17N3O. The van der Waals surface area contributed by atoms with E-state index < -0.39 is 0 Å². The third-order valence-corrected chi connectivity index (χ3v) is 1.99. The summed E-state index contributed by atoms with van der Waals surface area (Å²) in [6, 6.07) is 0.366. The number of nitrogens with one attached hydrogen (secondary N) is 1. The van der Waals surface area contributed by atoms with E-state index in [-0.39, 0.29) is 5.91 Å². The molecule has 1 N–H and O–H groups in total. The summed E-state index contributed by atoms with van der Waals surface area (Å²) < 4.78 is 1.88. The molecule has 0 unspecified atom stereocenters. The molecular weight excluding hydrogens is 178 g/mol. The molecule has 0 aliphatic heterocycles. The van der Waals surface area contributed by atoms with E-state index >= 15 is 0 Å². The van der Waals surface area contributed by atoms with Gasteiger partial charge in [-0.3, -0.25) is 9.48 Å². The van der Waals surface area contributed by atoms with Crippen LogP contribution in [0.4, 0.5) is 0 Å². The largest absolute Gasteiger partial charge is 0.352 e. The van der Waals surface area contributed by atoms with Crippen LogP contribution in [0.15, 0.2) is 12.4 Å². The number of rotatable bonds is 4. The molecule has 0 fully saturated rings. The second kappa shape index (κ2) is 4.79. The van der Waals surface area contributed by atoms with Crippen LogP contribution in [0.2, 0.25) is 0 Å². The van der Waals surface area contributed by atoms with Gasteiger partial charge in [0.15, 0.2) is 0 Å². The van der Waals surface area contributed by atoms with Crippen LogP contribution in [0, 0.1) is 0 Å². The molecule has 4 heteroatoms. The SMILES string of the molecule is CCC(=O)NCc1cnn(C(C)C)c1. The molecule has 4 nitrogen and oxygen atoms in total. The summed E-state index contributed by atoms with van der Waals surface area (Å²) in [6.45, 7) is 6.55. The third kappa shape index (κ3) is 2.87. The first-order valence-electron chi connectivity index (χ1n) is 4.93. The summed E-state index contributed by atoms with van der Waals surface area (Å²) in [5.41, 5.74) is 1.04. The zero-order valence-corrected chi connectivity index (χ0v) is 8.95. The van der Waals surface area contributed by atoms with Crippen LogP contribution in [0.1, 0.15) is 38.8 Å². The van der Waals surface area contributed by atoms with E-state index in [9.17, 15) is 4.79 Å². The van der Waals surface area contributed by atoms with Crippen LogP contribution < -0.4 is 5.32 Å². The van der Waals surface area contributed by atoms with Gasteiger partial charge in [-0.1, -0.05) is 6.92 Å². The topological polar surface area (TPSA) is 46.9 Å². The number of hydrogen-bond acceptors (Lipinski definition) is 2. The van der Waals surface area contributed by atoms with E-state index in [1.54, 1.807) is 6.20 Å². The molecule has 14 heavy (non-hydrogen) atoms. The Morgan fingerprint density at radius 1 is 1.64 bits per heavy atom. The minimum atomic E-state index is 0.0716. The van der Waals surface area contributed by atoms with Gasteiger partial charge in [-0.05, 0) is 13.8 Å². The Morgan fingerprint density at radius 3 is 2.86 bits per heavy atom. The van der Waals surface area contributed by atoms with Gasteiger partial charge < -0.3 is 5.32 Å². The van der Waals surface area contributed by atoms with Crippen molar-refractivity contribution >= 4 is 5.91 Å². The molecule has 0 saturated heterocycles. The van der Waals surface area contributed by atoms with Crippen molar-refractivity contribution in [2.75, 3.05) is 0 Å². The van der Waals surface area contributed by atoms with Gasteiger partial charge in [-0.25, -0.2) is 0 Å². The number of hydrogen-bond donors (Lipinski definition) is 1. The first-order valence-corrected chi connectivity index (χ1v) is 4.93. The summed E-state index contributed by atoms with van der Waals surface area (Å²) in [4.78, 5) is 11.0. The van der Waals surface area contributed by atoms with Gasteiger partial charge in [0, 0.05) is 30.8 Å². The second-order valence-electron chi connectivity index (χ2n) is 3.55. The highest BCUT2D eigenvalue weighted by Crippen LogP contribution is 2.04. The van der Waals surface area contributed by atoms with Crippen molar-refractivity contribution < 1.29 is 4.79 Å². The van der Waals surface area contributed by atoms with Crippen molar-refractivity contribution in [2.45, 2.75) is 39.8 Å². The second-order valence-corrected chi connectivity index (χ2v) is 3.55. The van der Waals surface area contributed by atoms with Gasteiger partial charge in [0.05, 0.1) is 6.20 Å². The molecule has 0 aromatic carbocycles. The summed E-state index contributed by atoms with van der Waals surface area (Å²) in [5, 5.41) is 6.99. The first-order chi connectivity index (χ1) is 6.63. The van der Waals surface area contributed by atoms with Crippen molar-refractivity contribution in [1.29, 1.82) is 0 Å². The van der Waals surface area contributed by atoms with Gasteiger partial charge in [-0.2, -0.15) is 5.10 Å². The van der Waals surface area contributed by atoms with Crippen LogP contribution in [-0.4, -0.2) is 15.7 Å². The Labute approximate surface area is 84.3 Å². The van der Waals surface area contributed by atoms with Crippen molar-refractivity contribution in [3.05, 3.63) is 18.0 Å². The van der Waals surface area contributed by atoms with Crippen LogP contribution in [0.25, 0.3) is 0 Å². The highest BCUT2D eigenvalue weighted by molar-refractivity contribution is 5.75. The van der Waals surface area contributed by atoms with Crippen LogP contribution in [-0.2, 0) is 11.3 Å². The van der Waals surface area contributed by atoms with Crippen molar-refractivity contribution in [2.24, 2.45) is 0 Å². The Balaban J connectivity index is 2.48. The van der Waals surface area contributed by atoms with Gasteiger partial charge >= 0.3 is 0 Å². The van der Waals surface area contributed by atoms with Crippen molar-refractivity contribution in [3.63, 3.8) is 0 Å². The summed E-state index contributed by atoms with van der Waals surface area (Å²) in [6.07, 6.45) is 4.27. The van der Waals surface area contributed by atoms with Crippen LogP contribution in [0.5, 0.6) is 0 Å². The predicted octanol–water partition coefficient (Wildman–Crippen LogP) is 1.49. The van der Waals surface area contributed by atoms with E-state index in [1.165, 1.54) is 0 Å². The number of carbonyl (C=O) groups is 1. The molecule has 0 bridgehead atoms. The average Bonchev–Trinajstić information content (AvgIpc) is 2.62. The van der Waals surface area contributed by atoms with Crippen LogP contribution in [0.3, 0.4) is 0 Å². The van der Waals surface area contributed by atoms with E-state index in [2.05, 4.69) is 24.3 Å². The third-order valence-electron chi connectivity index (χ3n) is 1.99. The molecule has 0 atom stereocenters. The van der Waals surface area contributed by atoms with Gasteiger partial charge in [0.2, 0.25) is 5.91 Å². The molecule has 78 valence electrons. The fourth-order valence-electron chi connectivity index (χ4n) is 1.08. The monoisotopic (exact) mass is 195 g/mol. The zero-order valence-electron chi connectivity index (χ0n) is 8.95. The lowest BCUT2D eigenvalue weighted by atomic mass is 10.3. The summed E-state index contributed by atoms with van der Waals surface area (Å²) >= 11 is 0. The number of amides is 1. The smallest absolute Gasteiger partial charge is 0.219 e. The molecule has 0 radical (unpaired) electrons. The Kier molecular flexibility index (Phi) is 3.68. The minimum absolute atomic E-state index is 0.0716. The standard InChI is InChI=1S/C10H17N3O/c1-4-10(14)11-5-9-6-12-13(7-9)8(2)3/h6-8H,4-5H2,1-3H3,(H,11,14). The maximum Gasteiger partial charge on any atom is 0.219 e. The van der Waals surface area contributed by atoms with E-state index in [0.29, 0.717) is 19.0 Å². The minimum Gasteiger partial charge on any atom is -0.352 e. The highest BCUT2D eigenvalue weighted by Gasteiger charge is 2.02. The number of nitrogens with zero attached hydrogens (tertiary/aromatic N) is 2. The van der Waals surface area contributed by atoms with Crippen molar-refractivity contribution in [1.82, 2.24) is 15.1 Å². The highest BCUT2D eigenvalue weighted by atomic mass is 16.1. The Morgan fingerprint density at radius 2 is 2.36 bits per heavy atom. The van der Waals surface area contributed by atoms with Gasteiger partial charge in [0.1, 0.15) is 0 Å². The van der Waals surface area contributed by atoms with Crippen molar-refractivity contribution in [3.8, 4) is 0 Å². The maximum absolute atomic E-state index is 11.0. The zero-order chi connectivity index (χ0) is 10.6. The molecule has 1 heterocycles. The average molecular weight is 195 g/mol. The molecule has 0 saturated carbocycles. The molecule has 0 spiro atoms. The lowest BCUT2D eigenvalue weighted by molar-refractivity contribution is -0.120. The molecule has 0 aliphatic carbocycles. The predicted molar refractivity (Wildman–Crippen MR) is 54.7 cm³/mol. The van der Waals surface area contributed by atoms with E-state index in [0.717, 1.165) is 5.56 Å². The molecule has 1 aromatic rings. The lowest BCUT2D eigenvalue weighted by Crippen LogP contribution is -2.21. The fourth-order valence-corrected chi connectivity index (χ4v) is 1.08. The lowest BCUT2D eigenvalue weighted by Gasteiger charge is -2.03. The summed E-state index contributed by atoms with van der Waals surface area (Å²) in [5.74, 6) is 0.0716. The quantitative estimate of drug-likeness (QED) is 0.791. The van der Waals surface area contributed by atoms with E-state index in [1.807, 2.05) is 17.8 Å². The number of carbonyl (C=O) groups excluding carboxylic acids is 1. The molecule has 0 aliphatic rings. The normalized spacial score (nSPS) is 10.6. The van der Waals surface area contributed by atoms with Crippen LogP contribution >= 0.6 is 0 Å². The first kappa shape index (κ1) is 10.8. The molecule has 1 aromatic heterocycles. The molecule has 1 amide bonds. The maximum atomic E-state index is 11.0. The molecule has 1 rings (SSSR count). The Hall–Kier alpha value is -1.32. The number of aromatic nitrogens is 2. The van der Waals surface area contributed by atoms with Gasteiger partial charge in [0.25, 0.3) is 0 Å². The van der Waals surface area contributed by atoms with E-state index in [4.69, 9.17) is 0 Å². The Bertz CT molecular complexity index is 304. The fraction of sp³-hybridized carbons (Fsp3) is 0.600. The summed E-state index contributed by atoms with van der Waals surface area (Å²) in [7, 11) is 0. The van der Waals surface area contributed by atoms with Gasteiger partial charge in [-0.15, -0.1) is 0 Å².